The maximum atomic E-state index is 12.7. The highest BCUT2D eigenvalue weighted by Gasteiger charge is 2.30. The molecule has 1 amide bonds. The van der Waals surface area contributed by atoms with Gasteiger partial charge < -0.3 is 9.47 Å². The van der Waals surface area contributed by atoms with Crippen molar-refractivity contribution >= 4 is 16.9 Å². The quantitative estimate of drug-likeness (QED) is 0.780. The maximum absolute atomic E-state index is 12.7. The summed E-state index contributed by atoms with van der Waals surface area (Å²) < 4.78 is 2.06. The van der Waals surface area contributed by atoms with Gasteiger partial charge in [0, 0.05) is 37.8 Å². The Bertz CT molecular complexity index is 880. The molecule has 1 unspecified atom stereocenters. The Morgan fingerprint density at radius 2 is 2.13 bits per heavy atom. The molecule has 1 aliphatic rings. The van der Waals surface area contributed by atoms with E-state index < -0.39 is 0 Å². The van der Waals surface area contributed by atoms with Crippen LogP contribution in [0.3, 0.4) is 0 Å². The molecule has 0 saturated carbocycles. The number of nitrogens with one attached hydrogen (secondary N) is 1. The molecule has 7 nitrogen and oxygen atoms in total. The number of nitrogens with zero attached hydrogens (tertiary/aromatic N) is 5. The van der Waals surface area contributed by atoms with Gasteiger partial charge in [0.1, 0.15) is 16.9 Å². The molecular formula is C16H18N6O. The fourth-order valence-corrected chi connectivity index (χ4v) is 3.33. The average molecular weight is 310 g/mol. The third kappa shape index (κ3) is 2.38. The lowest BCUT2D eigenvalue weighted by atomic mass is 10.1. The van der Waals surface area contributed by atoms with Crippen LogP contribution in [0.2, 0.25) is 0 Å². The number of carbonyl (C=O) groups excluding carboxylic acids is 1. The van der Waals surface area contributed by atoms with Gasteiger partial charge in [-0.3, -0.25) is 4.79 Å². The lowest BCUT2D eigenvalue weighted by molar-refractivity contribution is 0.0790. The van der Waals surface area contributed by atoms with E-state index >= 15 is 0 Å². The van der Waals surface area contributed by atoms with Crippen LogP contribution < -0.4 is 0 Å². The summed E-state index contributed by atoms with van der Waals surface area (Å²) in [7, 11) is 2.01. The number of benzene rings is 1. The summed E-state index contributed by atoms with van der Waals surface area (Å²) in [6, 6.07) is 5.42. The van der Waals surface area contributed by atoms with Gasteiger partial charge in [-0.15, -0.1) is 0 Å². The number of rotatable bonds is 2. The second kappa shape index (κ2) is 5.19. The molecule has 1 atom stereocenters. The number of hydrogen-bond acceptors (Lipinski definition) is 4. The SMILES string of the molecule is Cc1cn(C)c(C2CCN(C(=O)c3ccc4n[nH]nc4c3)C2)n1. The van der Waals surface area contributed by atoms with Crippen molar-refractivity contribution in [3.63, 3.8) is 0 Å². The maximum Gasteiger partial charge on any atom is 0.253 e. The first-order valence-corrected chi connectivity index (χ1v) is 7.71. The van der Waals surface area contributed by atoms with E-state index in [0.717, 1.165) is 30.0 Å². The standard InChI is InChI=1S/C16H18N6O/c1-10-8-21(2)15(17-10)12-5-6-22(9-12)16(23)11-3-4-13-14(7-11)19-20-18-13/h3-4,7-8,12H,5-6,9H2,1-2H3,(H,18,19,20). The minimum atomic E-state index is 0.0448. The van der Waals surface area contributed by atoms with Crippen molar-refractivity contribution in [1.29, 1.82) is 0 Å². The number of hydrogen-bond donors (Lipinski definition) is 1. The number of likely N-dealkylation sites (tertiary alicyclic amines) is 1. The van der Waals surface area contributed by atoms with Gasteiger partial charge in [0.25, 0.3) is 5.91 Å². The first-order valence-electron chi connectivity index (χ1n) is 7.71. The van der Waals surface area contributed by atoms with E-state index in [9.17, 15) is 4.79 Å². The Balaban J connectivity index is 1.54. The van der Waals surface area contributed by atoms with Crippen molar-refractivity contribution in [3.05, 3.63) is 41.5 Å². The Kier molecular flexibility index (Phi) is 3.14. The summed E-state index contributed by atoms with van der Waals surface area (Å²) in [5.41, 5.74) is 3.16. The Hall–Kier alpha value is -2.70. The normalized spacial score (nSPS) is 18.0. The van der Waals surface area contributed by atoms with Gasteiger partial charge in [0.2, 0.25) is 0 Å². The molecule has 4 rings (SSSR count). The van der Waals surface area contributed by atoms with Crippen LogP contribution in [-0.2, 0) is 7.05 Å². The average Bonchev–Trinajstić information content (AvgIpc) is 3.24. The van der Waals surface area contributed by atoms with Crippen molar-refractivity contribution in [2.75, 3.05) is 13.1 Å². The highest BCUT2D eigenvalue weighted by molar-refractivity contribution is 5.97. The Labute approximate surface area is 133 Å². The number of imidazole rings is 1. The van der Waals surface area contributed by atoms with Crippen LogP contribution in [0.5, 0.6) is 0 Å². The highest BCUT2D eigenvalue weighted by Crippen LogP contribution is 2.27. The van der Waals surface area contributed by atoms with E-state index in [1.165, 1.54) is 0 Å². The van der Waals surface area contributed by atoms with Gasteiger partial charge in [-0.05, 0) is 31.5 Å². The minimum absolute atomic E-state index is 0.0448. The smallest absolute Gasteiger partial charge is 0.253 e. The van der Waals surface area contributed by atoms with E-state index in [0.29, 0.717) is 23.5 Å². The Morgan fingerprint density at radius 1 is 1.30 bits per heavy atom. The van der Waals surface area contributed by atoms with E-state index in [1.54, 1.807) is 6.07 Å². The van der Waals surface area contributed by atoms with Crippen LogP contribution in [0.25, 0.3) is 11.0 Å². The van der Waals surface area contributed by atoms with Crippen molar-refractivity contribution < 1.29 is 4.79 Å². The predicted octanol–water partition coefficient (Wildman–Crippen LogP) is 1.63. The van der Waals surface area contributed by atoms with Gasteiger partial charge in [-0.1, -0.05) is 0 Å². The second-order valence-electron chi connectivity index (χ2n) is 6.12. The molecule has 1 N–H and O–H groups in total. The van der Waals surface area contributed by atoms with Crippen LogP contribution in [0.15, 0.2) is 24.4 Å². The van der Waals surface area contributed by atoms with Crippen molar-refractivity contribution in [3.8, 4) is 0 Å². The van der Waals surface area contributed by atoms with Crippen LogP contribution in [0.1, 0.15) is 34.2 Å². The number of aromatic nitrogens is 5. The molecule has 0 spiro atoms. The first-order chi connectivity index (χ1) is 11.1. The molecule has 2 aromatic heterocycles. The third-order valence-corrected chi connectivity index (χ3v) is 4.44. The molecule has 0 aliphatic carbocycles. The van der Waals surface area contributed by atoms with Gasteiger partial charge in [0.15, 0.2) is 0 Å². The third-order valence-electron chi connectivity index (χ3n) is 4.44. The van der Waals surface area contributed by atoms with Gasteiger partial charge in [-0.2, -0.15) is 15.4 Å². The number of amides is 1. The minimum Gasteiger partial charge on any atom is -0.338 e. The second-order valence-corrected chi connectivity index (χ2v) is 6.12. The van der Waals surface area contributed by atoms with Crippen LogP contribution in [0.4, 0.5) is 0 Å². The monoisotopic (exact) mass is 310 g/mol. The van der Waals surface area contributed by atoms with E-state index in [4.69, 9.17) is 0 Å². The lowest BCUT2D eigenvalue weighted by Crippen LogP contribution is -2.28. The number of aromatic amines is 1. The summed E-state index contributed by atoms with van der Waals surface area (Å²) in [4.78, 5) is 19.2. The molecule has 118 valence electrons. The zero-order chi connectivity index (χ0) is 16.0. The van der Waals surface area contributed by atoms with Crippen LogP contribution in [-0.4, -0.2) is 48.9 Å². The molecule has 1 fully saturated rings. The number of aryl methyl sites for hydroxylation is 2. The lowest BCUT2D eigenvalue weighted by Gasteiger charge is -2.16. The fourth-order valence-electron chi connectivity index (χ4n) is 3.33. The highest BCUT2D eigenvalue weighted by atomic mass is 16.2. The molecule has 0 radical (unpaired) electrons. The summed E-state index contributed by atoms with van der Waals surface area (Å²) >= 11 is 0. The molecule has 23 heavy (non-hydrogen) atoms. The summed E-state index contributed by atoms with van der Waals surface area (Å²) in [6.45, 7) is 3.46. The van der Waals surface area contributed by atoms with Crippen LogP contribution in [0, 0.1) is 6.92 Å². The zero-order valence-corrected chi connectivity index (χ0v) is 13.2. The van der Waals surface area contributed by atoms with E-state index in [2.05, 4.69) is 25.0 Å². The number of carbonyl (C=O) groups is 1. The molecule has 3 heterocycles. The van der Waals surface area contributed by atoms with Crippen molar-refractivity contribution in [2.45, 2.75) is 19.3 Å². The van der Waals surface area contributed by atoms with Crippen LogP contribution >= 0.6 is 0 Å². The molecule has 0 bridgehead atoms. The fraction of sp³-hybridized carbons (Fsp3) is 0.375. The molecule has 7 heteroatoms. The van der Waals surface area contributed by atoms with Crippen molar-refractivity contribution in [2.24, 2.45) is 7.05 Å². The molecular weight excluding hydrogens is 292 g/mol. The number of H-pyrrole nitrogens is 1. The first kappa shape index (κ1) is 13.9. The molecule has 1 saturated heterocycles. The largest absolute Gasteiger partial charge is 0.338 e. The van der Waals surface area contributed by atoms with Crippen molar-refractivity contribution in [1.82, 2.24) is 29.9 Å². The number of fused-ring (bicyclic) bond motifs is 1. The molecule has 1 aliphatic heterocycles. The molecule has 3 aromatic rings. The summed E-state index contributed by atoms with van der Waals surface area (Å²) in [5, 5.41) is 10.6. The zero-order valence-electron chi connectivity index (χ0n) is 13.2. The van der Waals surface area contributed by atoms with Gasteiger partial charge >= 0.3 is 0 Å². The molecule has 1 aromatic carbocycles. The van der Waals surface area contributed by atoms with Gasteiger partial charge in [0.05, 0.1) is 5.69 Å². The topological polar surface area (TPSA) is 79.7 Å². The summed E-state index contributed by atoms with van der Waals surface area (Å²) in [5.74, 6) is 1.40. The Morgan fingerprint density at radius 3 is 2.91 bits per heavy atom. The van der Waals surface area contributed by atoms with Gasteiger partial charge in [-0.25, -0.2) is 4.98 Å². The van der Waals surface area contributed by atoms with E-state index in [-0.39, 0.29) is 5.91 Å². The summed E-state index contributed by atoms with van der Waals surface area (Å²) in [6.07, 6.45) is 2.97. The van der Waals surface area contributed by atoms with E-state index in [1.807, 2.05) is 37.2 Å². The predicted molar refractivity (Wildman–Crippen MR) is 85.1 cm³/mol.